The first kappa shape index (κ1) is 158. The molecular formula is C9H28F2. The first-order valence-corrected chi connectivity index (χ1v) is 0.856. The highest BCUT2D eigenvalue weighted by Crippen LogP contribution is 1.34. The van der Waals surface area contributed by atoms with E-state index in [1.807, 2.05) is 0 Å². The molecule has 0 atom stereocenters. The molecule has 0 spiro atoms. The van der Waals surface area contributed by atoms with Crippen molar-refractivity contribution in [1.29, 1.82) is 0 Å². The van der Waals surface area contributed by atoms with E-state index in [1.165, 1.54) is 0 Å². The summed E-state index contributed by atoms with van der Waals surface area (Å²) in [5, 5.41) is 0. The Morgan fingerprint density at radius 3 is 0.818 bits per heavy atom. The Balaban J connectivity index is -0.00000000181. The highest BCUT2D eigenvalue weighted by molar-refractivity contribution is 4.63. The number of terminal acetylenes is 1. The average Bonchev–Trinajstić information content (AvgIpc) is 1.46. The number of alkyl halides is 1. The molecule has 0 bridgehead atoms. The van der Waals surface area contributed by atoms with Crippen LogP contribution in [0.2, 0.25) is 0 Å². The summed E-state index contributed by atoms with van der Waals surface area (Å²) in [7, 11) is 0.500. The number of hydrogen-bond donors (Lipinski definition) is 0. The van der Waals surface area contributed by atoms with Gasteiger partial charge in [-0.05, 0) is 0 Å². The molecule has 0 radical (unpaired) electrons. The first-order valence-electron chi connectivity index (χ1n) is 0.856. The Morgan fingerprint density at radius 2 is 0.818 bits per heavy atom. The van der Waals surface area contributed by atoms with Gasteiger partial charge in [-0.3, -0.25) is 4.39 Å². The first-order chi connectivity index (χ1) is 2.41. The van der Waals surface area contributed by atoms with E-state index < -0.39 is 0 Å². The minimum Gasteiger partial charge on any atom is -0.255 e. The van der Waals surface area contributed by atoms with E-state index in [1.54, 1.807) is 0 Å². The van der Waals surface area contributed by atoms with E-state index in [0.29, 0.717) is 7.18 Å². The van der Waals surface area contributed by atoms with Crippen molar-refractivity contribution in [3.05, 3.63) is 0 Å². The molecule has 0 aliphatic heterocycles. The molecule has 2 heteroatoms. The van der Waals surface area contributed by atoms with Gasteiger partial charge in [0.2, 0.25) is 0 Å². The summed E-state index contributed by atoms with van der Waals surface area (Å²) in [6.07, 6.45) is 4.68. The van der Waals surface area contributed by atoms with Crippen molar-refractivity contribution < 1.29 is 8.78 Å². The summed E-state index contributed by atoms with van der Waals surface area (Å²) in [4.78, 5) is 0. The van der Waals surface area contributed by atoms with Crippen molar-refractivity contribution in [2.45, 2.75) is 44.6 Å². The Labute approximate surface area is 74.0 Å². The van der Waals surface area contributed by atoms with Crippen LogP contribution in [0.3, 0.4) is 0 Å². The van der Waals surface area contributed by atoms with Crippen molar-refractivity contribution in [3.8, 4) is 12.6 Å². The zero-order chi connectivity index (χ0) is 4.71. The fourth-order valence-corrected chi connectivity index (χ4v) is 0. The highest BCUT2D eigenvalue weighted by Gasteiger charge is 1.15. The molecular weight excluding hydrogens is 146 g/mol. The summed E-state index contributed by atoms with van der Waals surface area (Å²) in [5.74, 6) is 0. The highest BCUT2D eigenvalue weighted by atomic mass is 19.1. The molecule has 0 rings (SSSR count). The molecule has 0 saturated carbocycles. The zero-order valence-electron chi connectivity index (χ0n) is 2.83. The summed E-state index contributed by atoms with van der Waals surface area (Å²) < 4.78 is 19.3. The minimum atomic E-state index is 0. The van der Waals surface area contributed by atoms with E-state index in [-0.39, 0.29) is 44.6 Å². The lowest BCUT2D eigenvalue weighted by molar-refractivity contribution is 0.636. The predicted octanol–water partition coefficient (Wildman–Crippen LogP) is 4.95. The van der Waals surface area contributed by atoms with E-state index in [0.717, 1.165) is 6.17 Å². The van der Waals surface area contributed by atoms with E-state index in [2.05, 4.69) is 6.42 Å². The molecule has 78 valence electrons. The van der Waals surface area contributed by atoms with Crippen LogP contribution >= 0.6 is 0 Å². The third kappa shape index (κ3) is 1540. The summed E-state index contributed by atoms with van der Waals surface area (Å²) in [5.41, 5.74) is 0. The second kappa shape index (κ2) is 3790. The van der Waals surface area contributed by atoms with Crippen LogP contribution in [0, 0.1) is 12.6 Å². The second-order valence-electron chi connectivity index (χ2n) is 0.109. The van der Waals surface area contributed by atoms with Gasteiger partial charge >= 0.3 is 0 Å². The van der Waals surface area contributed by atoms with Gasteiger partial charge in [-0.1, -0.05) is 51.0 Å². The molecule has 0 unspecified atom stereocenters. The molecule has 0 nitrogen and oxygen atoms in total. The normalized spacial score (nSPS) is 1.27. The molecule has 0 saturated heterocycles. The number of rotatable bonds is 0. The number of hydrogen-bond acceptors (Lipinski definition) is 0. The molecule has 0 heterocycles. The Hall–Kier alpha value is -0.580. The van der Waals surface area contributed by atoms with Crippen LogP contribution in [0.15, 0.2) is 0 Å². The van der Waals surface area contributed by atoms with Crippen LogP contribution in [0.1, 0.15) is 44.6 Å². The molecule has 0 N–H and O–H groups in total. The second-order valence-corrected chi connectivity index (χ2v) is 0.109. The van der Waals surface area contributed by atoms with Crippen molar-refractivity contribution >= 4 is 0 Å². The fourth-order valence-electron chi connectivity index (χ4n) is 0. The van der Waals surface area contributed by atoms with Gasteiger partial charge in [0.05, 0.1) is 7.18 Å². The lowest BCUT2D eigenvalue weighted by atomic mass is 11.4. The van der Waals surface area contributed by atoms with Crippen molar-refractivity contribution in [2.75, 3.05) is 7.18 Å². The average molecular weight is 174 g/mol. The van der Waals surface area contributed by atoms with Crippen LogP contribution < -0.4 is 0 Å². The van der Waals surface area contributed by atoms with Gasteiger partial charge in [-0.25, -0.2) is 0 Å². The van der Waals surface area contributed by atoms with Gasteiger partial charge in [0.1, 0.15) is 6.17 Å². The van der Waals surface area contributed by atoms with E-state index in [9.17, 15) is 8.78 Å². The monoisotopic (exact) mass is 174 g/mol. The Kier molecular flexibility index (Phi) is 54300. The smallest absolute Gasteiger partial charge is 0.102 e. The van der Waals surface area contributed by atoms with Crippen molar-refractivity contribution in [3.63, 3.8) is 0 Å². The van der Waals surface area contributed by atoms with Gasteiger partial charge in [-0.15, -0.1) is 4.39 Å². The van der Waals surface area contributed by atoms with Crippen molar-refractivity contribution in [1.82, 2.24) is 0 Å². The summed E-state index contributed by atoms with van der Waals surface area (Å²) in [6, 6.07) is 0. The Bertz CT molecular complexity index is 29.0. The molecule has 0 amide bonds. The third-order valence-electron chi connectivity index (χ3n) is 0. The standard InChI is InChI=1S/C2HF.CH3F.6CH4/c1-2-3;1-2;;;;;;/h1H;1H3;6*1H4. The quantitative estimate of drug-likeness (QED) is 0.456. The molecule has 0 aromatic carbocycles. The maximum atomic E-state index is 9.82. The number of halogens is 2. The molecule has 0 fully saturated rings. The van der Waals surface area contributed by atoms with Crippen LogP contribution in [0.5, 0.6) is 0 Å². The predicted molar refractivity (Wildman–Crippen MR) is 57.4 cm³/mol. The molecule has 11 heavy (non-hydrogen) atoms. The van der Waals surface area contributed by atoms with Crippen molar-refractivity contribution in [2.24, 2.45) is 0 Å². The van der Waals surface area contributed by atoms with E-state index in [4.69, 9.17) is 0 Å². The van der Waals surface area contributed by atoms with Crippen LogP contribution in [0.25, 0.3) is 0 Å². The van der Waals surface area contributed by atoms with Crippen LogP contribution in [-0.2, 0) is 0 Å². The fraction of sp³-hybridized carbons (Fsp3) is 0.778. The largest absolute Gasteiger partial charge is 0.255 e. The Morgan fingerprint density at radius 1 is 0.818 bits per heavy atom. The lowest BCUT2D eigenvalue weighted by Crippen LogP contribution is -1.02. The molecule has 0 aromatic heterocycles. The van der Waals surface area contributed by atoms with Gasteiger partial charge in [0, 0.05) is 0 Å². The summed E-state index contributed by atoms with van der Waals surface area (Å²) >= 11 is 0. The maximum Gasteiger partial charge on any atom is 0.102 e. The minimum absolute atomic E-state index is 0. The molecule has 0 aromatic rings. The van der Waals surface area contributed by atoms with E-state index >= 15 is 0 Å². The van der Waals surface area contributed by atoms with Crippen LogP contribution in [-0.4, -0.2) is 7.18 Å². The summed E-state index contributed by atoms with van der Waals surface area (Å²) in [6.45, 7) is 0. The SMILES string of the molecule is C.C.C.C.C.C.C#CF.CF. The lowest BCUT2D eigenvalue weighted by Gasteiger charge is -1.17. The third-order valence-corrected chi connectivity index (χ3v) is 0. The van der Waals surface area contributed by atoms with Gasteiger partial charge in [0.15, 0.2) is 0 Å². The zero-order valence-corrected chi connectivity index (χ0v) is 2.83. The van der Waals surface area contributed by atoms with Gasteiger partial charge in [0.25, 0.3) is 0 Å². The molecule has 0 aliphatic carbocycles. The van der Waals surface area contributed by atoms with Gasteiger partial charge in [-0.2, -0.15) is 0 Å². The van der Waals surface area contributed by atoms with Crippen LogP contribution in [0.4, 0.5) is 8.78 Å². The molecule has 0 aliphatic rings. The van der Waals surface area contributed by atoms with Gasteiger partial charge < -0.3 is 0 Å². The topological polar surface area (TPSA) is 0 Å². The maximum absolute atomic E-state index is 9.82.